The molecule has 1 amide bonds. The Morgan fingerprint density at radius 1 is 0.889 bits per heavy atom. The van der Waals surface area contributed by atoms with Crippen molar-refractivity contribution in [2.24, 2.45) is 0 Å². The number of hydrogen-bond acceptors (Lipinski definition) is 7. The molecule has 0 aliphatic rings. The van der Waals surface area contributed by atoms with Crippen LogP contribution in [0.2, 0.25) is 0 Å². The number of hydrogen-bond donors (Lipinski definition) is 2. The Balaban J connectivity index is 1.42. The van der Waals surface area contributed by atoms with Crippen molar-refractivity contribution < 1.29 is 4.79 Å². The highest BCUT2D eigenvalue weighted by atomic mass is 32.1. The van der Waals surface area contributed by atoms with Gasteiger partial charge in [-0.2, -0.15) is 0 Å². The maximum absolute atomic E-state index is 12.4. The number of nitrogens with one attached hydrogen (secondary N) is 2. The third-order valence-corrected chi connectivity index (χ3v) is 4.40. The standard InChI is InChI=1S/C19H14N6OS/c26-18(15-12-27-19(25-15)17-20-9-4-10-21-17)24-14-7-8-16(22-11-14)23-13-5-2-1-3-6-13/h1-12H,(H,22,23)(H,24,26). The average molecular weight is 374 g/mol. The number of rotatable bonds is 5. The van der Waals surface area contributed by atoms with Crippen LogP contribution in [-0.2, 0) is 0 Å². The van der Waals surface area contributed by atoms with Crippen LogP contribution in [0.3, 0.4) is 0 Å². The number of carbonyl (C=O) groups is 1. The van der Waals surface area contributed by atoms with Gasteiger partial charge in [0.2, 0.25) is 0 Å². The van der Waals surface area contributed by atoms with Gasteiger partial charge in [0.15, 0.2) is 10.8 Å². The van der Waals surface area contributed by atoms with E-state index in [-0.39, 0.29) is 5.91 Å². The number of para-hydroxylation sites is 1. The van der Waals surface area contributed by atoms with Crippen LogP contribution in [0, 0.1) is 0 Å². The molecule has 3 heterocycles. The van der Waals surface area contributed by atoms with E-state index in [0.717, 1.165) is 5.69 Å². The Kier molecular flexibility index (Phi) is 4.80. The van der Waals surface area contributed by atoms with E-state index in [1.165, 1.54) is 11.3 Å². The predicted molar refractivity (Wildman–Crippen MR) is 105 cm³/mol. The Morgan fingerprint density at radius 3 is 2.44 bits per heavy atom. The summed E-state index contributed by atoms with van der Waals surface area (Å²) in [5.41, 5.74) is 1.85. The van der Waals surface area contributed by atoms with Gasteiger partial charge in [-0.3, -0.25) is 4.79 Å². The van der Waals surface area contributed by atoms with Gasteiger partial charge in [0.25, 0.3) is 5.91 Å². The monoisotopic (exact) mass is 374 g/mol. The normalized spacial score (nSPS) is 10.4. The molecular weight excluding hydrogens is 360 g/mol. The number of nitrogens with zero attached hydrogens (tertiary/aromatic N) is 4. The molecule has 2 N–H and O–H groups in total. The molecule has 8 heteroatoms. The van der Waals surface area contributed by atoms with Gasteiger partial charge in [0.05, 0.1) is 11.9 Å². The number of anilines is 3. The molecule has 3 aromatic heterocycles. The lowest BCUT2D eigenvalue weighted by Gasteiger charge is -2.07. The van der Waals surface area contributed by atoms with Gasteiger partial charge in [-0.05, 0) is 30.3 Å². The molecule has 0 atom stereocenters. The summed E-state index contributed by atoms with van der Waals surface area (Å²) in [4.78, 5) is 29.3. The largest absolute Gasteiger partial charge is 0.340 e. The number of pyridine rings is 1. The first-order chi connectivity index (χ1) is 13.3. The van der Waals surface area contributed by atoms with E-state index in [9.17, 15) is 4.79 Å². The summed E-state index contributed by atoms with van der Waals surface area (Å²) < 4.78 is 0. The second-order valence-corrected chi connectivity index (χ2v) is 6.35. The topological polar surface area (TPSA) is 92.7 Å². The molecule has 0 saturated carbocycles. The fraction of sp³-hybridized carbons (Fsp3) is 0. The lowest BCUT2D eigenvalue weighted by Crippen LogP contribution is -2.12. The third kappa shape index (κ3) is 4.13. The van der Waals surface area contributed by atoms with Gasteiger partial charge < -0.3 is 10.6 Å². The van der Waals surface area contributed by atoms with E-state index in [1.807, 2.05) is 30.3 Å². The SMILES string of the molecule is O=C(Nc1ccc(Nc2ccccc2)nc1)c1csc(-c2ncccn2)n1. The van der Waals surface area contributed by atoms with Crippen molar-refractivity contribution in [3.05, 3.63) is 78.2 Å². The maximum atomic E-state index is 12.4. The summed E-state index contributed by atoms with van der Waals surface area (Å²) in [5.74, 6) is 0.884. The first-order valence-electron chi connectivity index (χ1n) is 8.10. The number of benzene rings is 1. The number of carbonyl (C=O) groups excluding carboxylic acids is 1. The quantitative estimate of drug-likeness (QED) is 0.549. The van der Waals surface area contributed by atoms with Gasteiger partial charge in [-0.15, -0.1) is 11.3 Å². The number of amides is 1. The predicted octanol–water partition coefficient (Wildman–Crippen LogP) is 3.99. The molecule has 7 nitrogen and oxygen atoms in total. The summed E-state index contributed by atoms with van der Waals surface area (Å²) in [6.07, 6.45) is 4.87. The van der Waals surface area contributed by atoms with E-state index >= 15 is 0 Å². The molecule has 1 aromatic carbocycles. The van der Waals surface area contributed by atoms with E-state index < -0.39 is 0 Å². The van der Waals surface area contributed by atoms with E-state index in [4.69, 9.17) is 0 Å². The molecule has 0 saturated heterocycles. The van der Waals surface area contributed by atoms with Crippen LogP contribution in [0.4, 0.5) is 17.2 Å². The first kappa shape index (κ1) is 16.8. The average Bonchev–Trinajstić information content (AvgIpc) is 3.21. The van der Waals surface area contributed by atoms with Gasteiger partial charge in [0.1, 0.15) is 11.5 Å². The van der Waals surface area contributed by atoms with Crippen LogP contribution in [0.15, 0.2) is 72.5 Å². The second kappa shape index (κ2) is 7.71. The molecule has 0 bridgehead atoms. The smallest absolute Gasteiger partial charge is 0.275 e. The summed E-state index contributed by atoms with van der Waals surface area (Å²) in [5, 5.41) is 8.26. The van der Waals surface area contributed by atoms with Gasteiger partial charge >= 0.3 is 0 Å². The Hall–Kier alpha value is -3.65. The lowest BCUT2D eigenvalue weighted by atomic mass is 10.3. The Bertz CT molecular complexity index is 1030. The molecule has 0 spiro atoms. The summed E-state index contributed by atoms with van der Waals surface area (Å²) >= 11 is 1.32. The van der Waals surface area contributed by atoms with Crippen LogP contribution in [0.5, 0.6) is 0 Å². The van der Waals surface area contributed by atoms with Crippen molar-refractivity contribution in [1.82, 2.24) is 19.9 Å². The van der Waals surface area contributed by atoms with Crippen LogP contribution in [-0.4, -0.2) is 25.8 Å². The van der Waals surface area contributed by atoms with Crippen molar-refractivity contribution in [2.45, 2.75) is 0 Å². The summed E-state index contributed by atoms with van der Waals surface area (Å²) in [6, 6.07) is 15.1. The van der Waals surface area contributed by atoms with E-state index in [0.29, 0.717) is 28.0 Å². The third-order valence-electron chi connectivity index (χ3n) is 3.56. The molecule has 0 fully saturated rings. The molecule has 0 radical (unpaired) electrons. The molecule has 0 aliphatic carbocycles. The number of aromatic nitrogens is 4. The molecule has 0 unspecified atom stereocenters. The van der Waals surface area contributed by atoms with Crippen molar-refractivity contribution >= 4 is 34.4 Å². The second-order valence-electron chi connectivity index (χ2n) is 5.49. The Labute approximate surface area is 159 Å². The molecule has 4 rings (SSSR count). The van der Waals surface area contributed by atoms with Crippen LogP contribution < -0.4 is 10.6 Å². The van der Waals surface area contributed by atoms with Gasteiger partial charge in [0, 0.05) is 23.5 Å². The highest BCUT2D eigenvalue weighted by Crippen LogP contribution is 2.21. The molecule has 27 heavy (non-hydrogen) atoms. The summed E-state index contributed by atoms with van der Waals surface area (Å²) in [7, 11) is 0. The van der Waals surface area contributed by atoms with Crippen LogP contribution in [0.25, 0.3) is 10.8 Å². The fourth-order valence-electron chi connectivity index (χ4n) is 2.30. The minimum atomic E-state index is -0.306. The first-order valence-corrected chi connectivity index (χ1v) is 8.98. The molecule has 0 aliphatic heterocycles. The molecular formula is C19H14N6OS. The highest BCUT2D eigenvalue weighted by molar-refractivity contribution is 7.13. The lowest BCUT2D eigenvalue weighted by molar-refractivity contribution is 0.102. The highest BCUT2D eigenvalue weighted by Gasteiger charge is 2.13. The van der Waals surface area contributed by atoms with E-state index in [1.54, 1.807) is 42.2 Å². The molecule has 132 valence electrons. The minimum absolute atomic E-state index is 0.306. The minimum Gasteiger partial charge on any atom is -0.340 e. The van der Waals surface area contributed by atoms with Crippen molar-refractivity contribution in [3.8, 4) is 10.8 Å². The zero-order chi connectivity index (χ0) is 18.5. The summed E-state index contributed by atoms with van der Waals surface area (Å²) in [6.45, 7) is 0. The maximum Gasteiger partial charge on any atom is 0.275 e. The van der Waals surface area contributed by atoms with Gasteiger partial charge in [-0.25, -0.2) is 19.9 Å². The van der Waals surface area contributed by atoms with Crippen LogP contribution >= 0.6 is 11.3 Å². The van der Waals surface area contributed by atoms with Crippen LogP contribution in [0.1, 0.15) is 10.5 Å². The Morgan fingerprint density at radius 2 is 1.70 bits per heavy atom. The zero-order valence-corrected chi connectivity index (χ0v) is 14.9. The molecule has 4 aromatic rings. The van der Waals surface area contributed by atoms with Crippen molar-refractivity contribution in [2.75, 3.05) is 10.6 Å². The van der Waals surface area contributed by atoms with Gasteiger partial charge in [-0.1, -0.05) is 18.2 Å². The van der Waals surface area contributed by atoms with Crippen molar-refractivity contribution in [3.63, 3.8) is 0 Å². The zero-order valence-electron chi connectivity index (χ0n) is 14.0. The fourth-order valence-corrected chi connectivity index (χ4v) is 3.04. The number of thiazole rings is 1. The van der Waals surface area contributed by atoms with Crippen molar-refractivity contribution in [1.29, 1.82) is 0 Å². The van der Waals surface area contributed by atoms with E-state index in [2.05, 4.69) is 30.6 Å².